The molecule has 0 heterocycles. The fourth-order valence-corrected chi connectivity index (χ4v) is 25.6. The minimum atomic E-state index is -2.04. The molecule has 0 unspecified atom stereocenters. The van der Waals surface area contributed by atoms with Gasteiger partial charge in [0.2, 0.25) is 0 Å². The maximum Gasteiger partial charge on any atom is 0.146 e. The van der Waals surface area contributed by atoms with Gasteiger partial charge in [0.05, 0.1) is 0 Å². The second-order valence-electron chi connectivity index (χ2n) is 27.0. The number of hydrogen-bond donors (Lipinski definition) is 0. The third-order valence-corrected chi connectivity index (χ3v) is 32.4. The molecular formula is C90H82Si2. The van der Waals surface area contributed by atoms with Crippen molar-refractivity contribution in [2.75, 3.05) is 0 Å². The van der Waals surface area contributed by atoms with E-state index in [1.807, 2.05) is 0 Å². The molecule has 92 heavy (non-hydrogen) atoms. The van der Waals surface area contributed by atoms with Crippen LogP contribution in [-0.2, 0) is 0 Å². The van der Waals surface area contributed by atoms with Gasteiger partial charge in [0.25, 0.3) is 0 Å². The fourth-order valence-electron chi connectivity index (χ4n) is 15.2. The maximum atomic E-state index is 4.11. The van der Waals surface area contributed by atoms with E-state index >= 15 is 0 Å². The summed E-state index contributed by atoms with van der Waals surface area (Å²) in [5.41, 5.74) is 19.9. The average Bonchev–Trinajstić information content (AvgIpc) is 0.739. The Morgan fingerprint density at radius 3 is 0.663 bits per heavy atom. The summed E-state index contributed by atoms with van der Waals surface area (Å²) in [5.74, 6) is 22.6. The van der Waals surface area contributed by atoms with Crippen molar-refractivity contribution in [3.05, 3.63) is 275 Å². The normalized spacial score (nSPS) is 12.4. The lowest BCUT2D eigenvalue weighted by Gasteiger charge is -2.38. The van der Waals surface area contributed by atoms with Gasteiger partial charge in [-0.2, -0.15) is 0 Å². The van der Waals surface area contributed by atoms with Crippen LogP contribution in [0.25, 0.3) is 98.3 Å². The van der Waals surface area contributed by atoms with Crippen LogP contribution in [0, 0.1) is 46.6 Å². The molecule has 0 aliphatic heterocycles. The molecule has 0 bridgehead atoms. The molecule has 0 fully saturated rings. The SMILES string of the molecule is CC(C)[Si](C#Cc1c2cc3ccccc3cc2c(C#Cc2ccc(/C=C/C=C/C=C/C=C/c3ccc(C#Cc4c5cc6ccccc6cc5c(C#C[Si](C(C)C)(C(C)C)C(C)C)c5cc6ccccc6cc45)cc3)cc2)c2cc3ccccc3cc12)(C(C)C)C(C)C. The van der Waals surface area contributed by atoms with E-state index in [2.05, 4.69) is 372 Å². The van der Waals surface area contributed by atoms with E-state index in [-0.39, 0.29) is 0 Å². The zero-order chi connectivity index (χ0) is 64.3. The van der Waals surface area contributed by atoms with Crippen molar-refractivity contribution in [2.24, 2.45) is 0 Å². The topological polar surface area (TPSA) is 0 Å². The van der Waals surface area contributed by atoms with Crippen LogP contribution in [0.15, 0.2) is 231 Å². The van der Waals surface area contributed by atoms with Gasteiger partial charge in [0.15, 0.2) is 0 Å². The molecule has 0 amide bonds. The van der Waals surface area contributed by atoms with Crippen molar-refractivity contribution in [3.8, 4) is 46.6 Å². The number of hydrogen-bond acceptors (Lipinski definition) is 0. The zero-order valence-corrected chi connectivity index (χ0v) is 57.6. The molecule has 12 aromatic carbocycles. The van der Waals surface area contributed by atoms with Gasteiger partial charge < -0.3 is 0 Å². The van der Waals surface area contributed by atoms with E-state index < -0.39 is 16.1 Å². The lowest BCUT2D eigenvalue weighted by atomic mass is 9.89. The van der Waals surface area contributed by atoms with Gasteiger partial charge in [-0.3, -0.25) is 0 Å². The lowest BCUT2D eigenvalue weighted by Crippen LogP contribution is -2.43. The molecule has 0 atom stereocenters. The average molecular weight is 1220 g/mol. The number of allylic oxidation sites excluding steroid dienone is 6. The molecule has 0 aliphatic carbocycles. The Kier molecular flexibility index (Phi) is 18.1. The standard InChI is InChI=1S/C90H82Si2/c1-61(2)91(62(3)4,63(5)6)51-49-81-87-57-75-33-23-19-29-71(75)53-83(87)79(84-54-72-30-20-24-34-76(72)58-88(81)84)47-45-69-41-37-67(38-42-69)27-17-15-13-14-16-18-28-68-39-43-70(44-40-68)46-48-80-85-55-73-31-21-25-35-77(73)59-89(85)82(50-52-92(64(7)8,65(9)10)66(11)12)90-60-78-36-26-22-32-74(78)56-86(80)90/h13-44,53-66H,1-12H3/b15-13+,16-14+,27-17+,28-18+. The van der Waals surface area contributed by atoms with Gasteiger partial charge in [0, 0.05) is 33.4 Å². The summed E-state index contributed by atoms with van der Waals surface area (Å²) < 4.78 is 0. The van der Waals surface area contributed by atoms with Gasteiger partial charge in [-0.1, -0.05) is 289 Å². The highest BCUT2D eigenvalue weighted by Gasteiger charge is 2.43. The first-order chi connectivity index (χ1) is 44.5. The van der Waals surface area contributed by atoms with Gasteiger partial charge in [0.1, 0.15) is 16.1 Å². The number of rotatable bonds is 11. The third kappa shape index (κ3) is 12.2. The maximum absolute atomic E-state index is 4.11. The van der Waals surface area contributed by atoms with E-state index in [0.717, 1.165) is 66.1 Å². The molecular weight excluding hydrogens is 1140 g/mol. The molecule has 0 radical (unpaired) electrons. The first kappa shape index (κ1) is 62.5. The Balaban J connectivity index is 0.777. The second kappa shape index (κ2) is 26.7. The van der Waals surface area contributed by atoms with Crippen molar-refractivity contribution in [1.29, 1.82) is 0 Å². The van der Waals surface area contributed by atoms with Crippen LogP contribution >= 0.6 is 0 Å². The molecule has 12 rings (SSSR count). The van der Waals surface area contributed by atoms with Crippen LogP contribution in [-0.4, -0.2) is 16.1 Å². The molecule has 0 aromatic heterocycles. The molecule has 0 saturated heterocycles. The van der Waals surface area contributed by atoms with Crippen molar-refractivity contribution in [2.45, 2.75) is 116 Å². The van der Waals surface area contributed by atoms with Crippen LogP contribution in [0.1, 0.15) is 128 Å². The smallest absolute Gasteiger partial charge is 0.125 e. The minimum Gasteiger partial charge on any atom is -0.125 e. The Morgan fingerprint density at radius 1 is 0.239 bits per heavy atom. The molecule has 12 aromatic rings. The number of benzene rings is 12. The van der Waals surface area contributed by atoms with Crippen LogP contribution < -0.4 is 0 Å². The predicted octanol–water partition coefficient (Wildman–Crippen LogP) is 24.7. The van der Waals surface area contributed by atoms with E-state index in [9.17, 15) is 0 Å². The van der Waals surface area contributed by atoms with Crippen LogP contribution in [0.2, 0.25) is 33.2 Å². The minimum absolute atomic E-state index is 0.531. The summed E-state index contributed by atoms with van der Waals surface area (Å²) in [6, 6.07) is 70.6. The Hall–Kier alpha value is -9.65. The highest BCUT2D eigenvalue weighted by molar-refractivity contribution is 6.91. The summed E-state index contributed by atoms with van der Waals surface area (Å²) in [6.45, 7) is 28.7. The molecule has 2 heteroatoms. The fraction of sp³-hybridized carbons (Fsp3) is 0.200. The monoisotopic (exact) mass is 1220 g/mol. The number of fused-ring (bicyclic) bond motifs is 8. The van der Waals surface area contributed by atoms with Crippen molar-refractivity contribution >= 4 is 114 Å². The first-order valence-electron chi connectivity index (χ1n) is 33.1. The summed E-state index contributed by atoms with van der Waals surface area (Å²) in [7, 11) is -4.09. The van der Waals surface area contributed by atoms with E-state index in [1.165, 1.54) is 64.6 Å². The Labute approximate surface area is 548 Å². The summed E-state index contributed by atoms with van der Waals surface area (Å²) in [6.07, 6.45) is 16.7. The molecule has 450 valence electrons. The zero-order valence-electron chi connectivity index (χ0n) is 55.6. The summed E-state index contributed by atoms with van der Waals surface area (Å²) >= 11 is 0. The highest BCUT2D eigenvalue weighted by Crippen LogP contribution is 2.45. The largest absolute Gasteiger partial charge is 0.146 e. The van der Waals surface area contributed by atoms with Crippen LogP contribution in [0.4, 0.5) is 0 Å². The third-order valence-electron chi connectivity index (χ3n) is 19.9. The molecule has 0 aliphatic rings. The first-order valence-corrected chi connectivity index (χ1v) is 37.6. The molecule has 0 nitrogen and oxygen atoms in total. The quantitative estimate of drug-likeness (QED) is 0.0524. The Bertz CT molecular complexity index is 4670. The van der Waals surface area contributed by atoms with Crippen molar-refractivity contribution in [1.82, 2.24) is 0 Å². The van der Waals surface area contributed by atoms with Gasteiger partial charge in [-0.15, -0.1) is 11.1 Å². The second-order valence-corrected chi connectivity index (χ2v) is 38.2. The van der Waals surface area contributed by atoms with Crippen LogP contribution in [0.3, 0.4) is 0 Å². The van der Waals surface area contributed by atoms with Gasteiger partial charge in [-0.05, 0) is 203 Å². The van der Waals surface area contributed by atoms with E-state index in [1.54, 1.807) is 0 Å². The predicted molar refractivity (Wildman–Crippen MR) is 410 cm³/mol. The molecule has 0 saturated carbocycles. The van der Waals surface area contributed by atoms with Crippen molar-refractivity contribution < 1.29 is 0 Å². The molecule has 0 spiro atoms. The summed E-state index contributed by atoms with van der Waals surface area (Å²) in [5, 5.41) is 18.9. The highest BCUT2D eigenvalue weighted by atomic mass is 28.3. The molecule has 0 N–H and O–H groups in total. The lowest BCUT2D eigenvalue weighted by molar-refractivity contribution is 0.838. The van der Waals surface area contributed by atoms with Crippen molar-refractivity contribution in [3.63, 3.8) is 0 Å². The van der Waals surface area contributed by atoms with E-state index in [4.69, 9.17) is 0 Å². The van der Waals surface area contributed by atoms with Gasteiger partial charge in [-0.25, -0.2) is 0 Å². The summed E-state index contributed by atoms with van der Waals surface area (Å²) in [4.78, 5) is 0. The van der Waals surface area contributed by atoms with Crippen LogP contribution in [0.5, 0.6) is 0 Å². The Morgan fingerprint density at radius 2 is 0.446 bits per heavy atom. The van der Waals surface area contributed by atoms with Gasteiger partial charge >= 0.3 is 0 Å². The van der Waals surface area contributed by atoms with E-state index in [0.29, 0.717) is 33.2 Å².